The highest BCUT2D eigenvalue weighted by molar-refractivity contribution is 14.1. The maximum absolute atomic E-state index is 6.67. The van der Waals surface area contributed by atoms with Crippen molar-refractivity contribution in [1.82, 2.24) is 0 Å². The third-order valence-corrected chi connectivity index (χ3v) is 5.49. The molecule has 0 amide bonds. The van der Waals surface area contributed by atoms with Crippen LogP contribution in [0.1, 0.15) is 16.7 Å². The Balaban J connectivity index is 1.64. The second kappa shape index (κ2) is 14.4. The molecule has 0 unspecified atom stereocenters. The topological polar surface area (TPSA) is 36.9 Å². The molecule has 3 rings (SSSR count). The molecule has 0 aliphatic carbocycles. The van der Waals surface area contributed by atoms with E-state index in [1.54, 1.807) is 0 Å². The van der Waals surface area contributed by atoms with E-state index in [1.165, 1.54) is 0 Å². The van der Waals surface area contributed by atoms with Crippen molar-refractivity contribution >= 4 is 22.6 Å². The first kappa shape index (κ1) is 24.9. The van der Waals surface area contributed by atoms with Gasteiger partial charge in [-0.05, 0) is 16.7 Å². The van der Waals surface area contributed by atoms with Crippen molar-refractivity contribution in [2.24, 2.45) is 0 Å². The van der Waals surface area contributed by atoms with E-state index in [0.29, 0.717) is 39.6 Å². The van der Waals surface area contributed by atoms with Gasteiger partial charge in [0.05, 0.1) is 46.2 Å². The summed E-state index contributed by atoms with van der Waals surface area (Å²) in [5.41, 5.74) is 2.56. The third-order valence-electron chi connectivity index (χ3n) is 5.05. The second-order valence-corrected chi connectivity index (χ2v) is 8.23. The highest BCUT2D eigenvalue weighted by Crippen LogP contribution is 2.40. The number of hydrogen-bond acceptors (Lipinski definition) is 4. The number of rotatable bonds is 15. The summed E-state index contributed by atoms with van der Waals surface area (Å²) >= 11 is 2.29. The van der Waals surface area contributed by atoms with Gasteiger partial charge in [-0.1, -0.05) is 114 Å². The molecular formula is C27H31IO4. The van der Waals surface area contributed by atoms with E-state index in [-0.39, 0.29) is 0 Å². The van der Waals surface area contributed by atoms with Crippen molar-refractivity contribution in [3.63, 3.8) is 0 Å². The smallest absolute Gasteiger partial charge is 0.143 e. The first-order valence-electron chi connectivity index (χ1n) is 11.0. The van der Waals surface area contributed by atoms with Crippen molar-refractivity contribution in [2.75, 3.05) is 50.7 Å². The predicted octanol–water partition coefficient (Wildman–Crippen LogP) is 5.48. The van der Waals surface area contributed by atoms with Gasteiger partial charge in [0.15, 0.2) is 0 Å². The lowest BCUT2D eigenvalue weighted by molar-refractivity contribution is -0.0365. The monoisotopic (exact) mass is 546 g/mol. The Morgan fingerprint density at radius 2 is 0.812 bits per heavy atom. The first-order chi connectivity index (χ1) is 15.9. The molecule has 3 aromatic rings. The number of benzene rings is 3. The first-order valence-corrected chi connectivity index (χ1v) is 12.5. The van der Waals surface area contributed by atoms with E-state index in [9.17, 15) is 0 Å². The predicted molar refractivity (Wildman–Crippen MR) is 137 cm³/mol. The molecule has 0 radical (unpaired) electrons. The molecule has 0 N–H and O–H groups in total. The number of alkyl halides is 1. The molecule has 0 bridgehead atoms. The second-order valence-electron chi connectivity index (χ2n) is 7.15. The van der Waals surface area contributed by atoms with Crippen molar-refractivity contribution in [2.45, 2.75) is 5.60 Å². The molecule has 0 heterocycles. The van der Waals surface area contributed by atoms with Gasteiger partial charge < -0.3 is 18.9 Å². The minimum Gasteiger partial charge on any atom is -0.378 e. The minimum atomic E-state index is -0.709. The van der Waals surface area contributed by atoms with Crippen molar-refractivity contribution in [3.8, 4) is 0 Å². The van der Waals surface area contributed by atoms with Crippen LogP contribution >= 0.6 is 22.6 Å². The summed E-state index contributed by atoms with van der Waals surface area (Å²) in [7, 11) is 0. The SMILES string of the molecule is ICCOCCOCCOCCOC(c1ccccc1)(c1ccccc1)c1ccccc1. The fraction of sp³-hybridized carbons (Fsp3) is 0.333. The normalized spacial score (nSPS) is 11.5. The zero-order chi connectivity index (χ0) is 22.3. The van der Waals surface area contributed by atoms with Crippen LogP contribution in [0.25, 0.3) is 0 Å². The molecule has 0 fully saturated rings. The summed E-state index contributed by atoms with van der Waals surface area (Å²) in [6.45, 7) is 4.01. The molecule has 0 aliphatic rings. The van der Waals surface area contributed by atoms with Gasteiger partial charge in [0.2, 0.25) is 0 Å². The van der Waals surface area contributed by atoms with Gasteiger partial charge in [-0.15, -0.1) is 0 Å². The maximum Gasteiger partial charge on any atom is 0.143 e. The molecule has 0 saturated carbocycles. The molecule has 32 heavy (non-hydrogen) atoms. The molecule has 3 aromatic carbocycles. The molecular weight excluding hydrogens is 515 g/mol. The van der Waals surface area contributed by atoms with Crippen molar-refractivity contribution < 1.29 is 18.9 Å². The Bertz CT molecular complexity index is 762. The largest absolute Gasteiger partial charge is 0.378 e. The van der Waals surface area contributed by atoms with Gasteiger partial charge in [0, 0.05) is 4.43 Å². The van der Waals surface area contributed by atoms with E-state index >= 15 is 0 Å². The molecule has 0 aromatic heterocycles. The quantitative estimate of drug-likeness (QED) is 0.110. The molecule has 0 spiro atoms. The lowest BCUT2D eigenvalue weighted by Crippen LogP contribution is -2.34. The molecule has 170 valence electrons. The standard InChI is InChI=1S/C27H31IO4/c28-16-17-29-18-19-30-20-21-31-22-23-32-27(24-10-4-1-5-11-24,25-12-6-2-7-13-25)26-14-8-3-9-15-26/h1-15H,16-23H2. The number of ether oxygens (including phenoxy) is 4. The average Bonchev–Trinajstić information content (AvgIpc) is 2.87. The van der Waals surface area contributed by atoms with Crippen LogP contribution in [0.15, 0.2) is 91.0 Å². The van der Waals surface area contributed by atoms with E-state index < -0.39 is 5.60 Å². The fourth-order valence-corrected chi connectivity index (χ4v) is 3.93. The lowest BCUT2D eigenvalue weighted by Gasteiger charge is -2.36. The highest BCUT2D eigenvalue weighted by Gasteiger charge is 2.37. The maximum atomic E-state index is 6.67. The average molecular weight is 546 g/mol. The molecule has 0 saturated heterocycles. The van der Waals surface area contributed by atoms with Crippen LogP contribution in [0, 0.1) is 0 Å². The Kier molecular flexibility index (Phi) is 11.2. The van der Waals surface area contributed by atoms with Crippen LogP contribution in [-0.4, -0.2) is 50.7 Å². The summed E-state index contributed by atoms with van der Waals surface area (Å²) in [4.78, 5) is 0. The van der Waals surface area contributed by atoms with Gasteiger partial charge in [0.25, 0.3) is 0 Å². The van der Waals surface area contributed by atoms with E-state index in [0.717, 1.165) is 27.7 Å². The molecule has 4 nitrogen and oxygen atoms in total. The van der Waals surface area contributed by atoms with Crippen LogP contribution in [-0.2, 0) is 24.5 Å². The van der Waals surface area contributed by atoms with Crippen LogP contribution in [0.2, 0.25) is 0 Å². The van der Waals surface area contributed by atoms with Gasteiger partial charge in [-0.3, -0.25) is 0 Å². The van der Waals surface area contributed by atoms with Crippen LogP contribution in [0.4, 0.5) is 0 Å². The van der Waals surface area contributed by atoms with E-state index in [4.69, 9.17) is 18.9 Å². The van der Waals surface area contributed by atoms with Gasteiger partial charge in [-0.25, -0.2) is 0 Å². The van der Waals surface area contributed by atoms with Crippen molar-refractivity contribution in [1.29, 1.82) is 0 Å². The van der Waals surface area contributed by atoms with Gasteiger partial charge in [0.1, 0.15) is 5.60 Å². The van der Waals surface area contributed by atoms with Crippen LogP contribution in [0.5, 0.6) is 0 Å². The van der Waals surface area contributed by atoms with Gasteiger partial charge in [-0.2, -0.15) is 0 Å². The number of halogens is 1. The summed E-state index contributed by atoms with van der Waals surface area (Å²) < 4.78 is 24.4. The van der Waals surface area contributed by atoms with Crippen LogP contribution < -0.4 is 0 Å². The minimum absolute atomic E-state index is 0.456. The van der Waals surface area contributed by atoms with E-state index in [1.807, 2.05) is 18.2 Å². The summed E-state index contributed by atoms with van der Waals surface area (Å²) in [5, 5.41) is 0. The Labute approximate surface area is 205 Å². The van der Waals surface area contributed by atoms with Crippen LogP contribution in [0.3, 0.4) is 0 Å². The zero-order valence-electron chi connectivity index (χ0n) is 18.3. The summed E-state index contributed by atoms with van der Waals surface area (Å²) in [6.07, 6.45) is 0. The Morgan fingerprint density at radius 1 is 0.469 bits per heavy atom. The molecule has 5 heteroatoms. The summed E-state index contributed by atoms with van der Waals surface area (Å²) in [6, 6.07) is 31.1. The fourth-order valence-electron chi connectivity index (χ4n) is 3.62. The molecule has 0 atom stereocenters. The number of hydrogen-bond donors (Lipinski definition) is 0. The third kappa shape index (κ3) is 7.12. The van der Waals surface area contributed by atoms with E-state index in [2.05, 4.69) is 95.4 Å². The van der Waals surface area contributed by atoms with Crippen molar-refractivity contribution in [3.05, 3.63) is 108 Å². The lowest BCUT2D eigenvalue weighted by atomic mass is 9.80. The molecule has 0 aliphatic heterocycles. The Hall–Kier alpha value is -1.77. The zero-order valence-corrected chi connectivity index (χ0v) is 20.5. The van der Waals surface area contributed by atoms with Gasteiger partial charge >= 0.3 is 0 Å². The highest BCUT2D eigenvalue weighted by atomic mass is 127. The Morgan fingerprint density at radius 3 is 1.19 bits per heavy atom. The summed E-state index contributed by atoms with van der Waals surface area (Å²) in [5.74, 6) is 0.